The van der Waals surface area contributed by atoms with Crippen molar-refractivity contribution in [2.45, 2.75) is 111 Å². The van der Waals surface area contributed by atoms with E-state index in [1.165, 1.54) is 23.2 Å². The summed E-state index contributed by atoms with van der Waals surface area (Å²) in [6.45, 7) is 15.3. The molecule has 1 N–H and O–H groups in total. The van der Waals surface area contributed by atoms with E-state index >= 15 is 0 Å². The van der Waals surface area contributed by atoms with E-state index in [0.29, 0.717) is 42.4 Å². The number of esters is 2. The zero-order valence-corrected chi connectivity index (χ0v) is 33.5. The van der Waals surface area contributed by atoms with Crippen molar-refractivity contribution >= 4 is 35.3 Å². The lowest BCUT2D eigenvalue weighted by Crippen LogP contribution is -2.44. The SMILES string of the molecule is CCOC(=O)[C@@H](C)C[C@@H](Cc1ccccc1)NC(=O)c1nc([C@@H](C[C@H](C(C)C)N(C)C(=O)OC(C)(C)C)OC(C)=O)sc1CCOCc1ccccc1. The number of benzene rings is 2. The molecule has 3 rings (SSSR count). The number of hydrogen-bond donors (Lipinski definition) is 1. The molecule has 2 aromatic carbocycles. The summed E-state index contributed by atoms with van der Waals surface area (Å²) < 4.78 is 22.8. The van der Waals surface area contributed by atoms with Crippen LogP contribution in [0.1, 0.15) is 106 Å². The highest BCUT2D eigenvalue weighted by molar-refractivity contribution is 7.12. The fraction of sp³-hybridized carbons (Fsp3) is 0.537. The molecule has 12 heteroatoms. The number of thiazole rings is 1. The van der Waals surface area contributed by atoms with Crippen molar-refractivity contribution in [3.63, 3.8) is 0 Å². The summed E-state index contributed by atoms with van der Waals surface area (Å²) >= 11 is 1.29. The normalized spacial score (nSPS) is 13.8. The third-order valence-electron chi connectivity index (χ3n) is 8.49. The molecule has 2 amide bonds. The first-order valence-corrected chi connectivity index (χ1v) is 19.1. The van der Waals surface area contributed by atoms with Crippen LogP contribution in [0.3, 0.4) is 0 Å². The molecule has 53 heavy (non-hydrogen) atoms. The van der Waals surface area contributed by atoms with Gasteiger partial charge in [0.05, 0.1) is 25.7 Å². The van der Waals surface area contributed by atoms with E-state index in [2.05, 4.69) is 5.32 Å². The Labute approximate surface area is 318 Å². The van der Waals surface area contributed by atoms with E-state index in [0.717, 1.165) is 11.1 Å². The van der Waals surface area contributed by atoms with Gasteiger partial charge in [0.1, 0.15) is 16.3 Å². The van der Waals surface area contributed by atoms with Crippen LogP contribution in [0.15, 0.2) is 60.7 Å². The Morgan fingerprint density at radius 3 is 2.11 bits per heavy atom. The van der Waals surface area contributed by atoms with Crippen molar-refractivity contribution in [3.05, 3.63) is 87.4 Å². The second kappa shape index (κ2) is 20.8. The van der Waals surface area contributed by atoms with Crippen LogP contribution in [0, 0.1) is 11.8 Å². The highest BCUT2D eigenvalue weighted by Crippen LogP contribution is 2.33. The smallest absolute Gasteiger partial charge is 0.410 e. The Hall–Kier alpha value is -4.29. The first kappa shape index (κ1) is 43.1. The topological polar surface area (TPSA) is 133 Å². The molecular formula is C41H57N3O8S. The molecule has 3 aromatic rings. The molecule has 1 heterocycles. The Morgan fingerprint density at radius 2 is 1.55 bits per heavy atom. The van der Waals surface area contributed by atoms with Crippen molar-refractivity contribution in [2.24, 2.45) is 11.8 Å². The number of nitrogens with one attached hydrogen (secondary N) is 1. The average molecular weight is 752 g/mol. The van der Waals surface area contributed by atoms with Gasteiger partial charge >= 0.3 is 18.0 Å². The molecule has 0 aliphatic carbocycles. The van der Waals surface area contributed by atoms with Crippen molar-refractivity contribution in [1.82, 2.24) is 15.2 Å². The molecule has 4 atom stereocenters. The molecule has 0 spiro atoms. The summed E-state index contributed by atoms with van der Waals surface area (Å²) in [4.78, 5) is 59.5. The lowest BCUT2D eigenvalue weighted by atomic mass is 9.96. The molecular weight excluding hydrogens is 695 g/mol. The van der Waals surface area contributed by atoms with Gasteiger partial charge in [0.15, 0.2) is 6.10 Å². The molecule has 0 radical (unpaired) electrons. The number of hydrogen-bond acceptors (Lipinski definition) is 10. The zero-order chi connectivity index (χ0) is 39.1. The molecule has 11 nitrogen and oxygen atoms in total. The molecule has 0 saturated heterocycles. The maximum atomic E-state index is 14.2. The lowest BCUT2D eigenvalue weighted by Gasteiger charge is -2.34. The van der Waals surface area contributed by atoms with Crippen molar-refractivity contribution in [1.29, 1.82) is 0 Å². The first-order chi connectivity index (χ1) is 25.1. The number of ether oxygens (including phenoxy) is 4. The van der Waals surface area contributed by atoms with Gasteiger partial charge in [0.2, 0.25) is 0 Å². The summed E-state index contributed by atoms with van der Waals surface area (Å²) in [5.74, 6) is -1.73. The Kier molecular flexibility index (Phi) is 16.9. The predicted octanol–water partition coefficient (Wildman–Crippen LogP) is 7.72. The Bertz CT molecular complexity index is 1610. The molecule has 0 aliphatic heterocycles. The molecule has 1 aromatic heterocycles. The minimum Gasteiger partial charge on any atom is -0.466 e. The van der Waals surface area contributed by atoms with Crippen LogP contribution in [0.2, 0.25) is 0 Å². The van der Waals surface area contributed by atoms with E-state index in [-0.39, 0.29) is 36.7 Å². The predicted molar refractivity (Wildman–Crippen MR) is 205 cm³/mol. The molecule has 0 saturated carbocycles. The van der Waals surface area contributed by atoms with E-state index < -0.39 is 41.6 Å². The standard InChI is InChI=1S/C41H57N3O8S/c1-10-50-39(47)28(4)23-32(24-30-17-13-11-14-18-30)42-37(46)36-35(21-22-49-26-31-19-15-12-16-20-31)53-38(43-36)34(51-29(5)45)25-33(27(2)3)44(9)40(48)52-41(6,7)8/h11-20,27-28,32-34H,10,21-26H2,1-9H3,(H,42,46)/t28-,32-,33+,34+/m0/s1. The van der Waals surface area contributed by atoms with Gasteiger partial charge in [0.25, 0.3) is 5.91 Å². The third kappa shape index (κ3) is 14.6. The number of aromatic nitrogens is 1. The van der Waals surface area contributed by atoms with Crippen LogP contribution < -0.4 is 5.32 Å². The highest BCUT2D eigenvalue weighted by atomic mass is 32.1. The van der Waals surface area contributed by atoms with Crippen molar-refractivity contribution in [2.75, 3.05) is 20.3 Å². The summed E-state index contributed by atoms with van der Waals surface area (Å²) in [6, 6.07) is 18.8. The maximum absolute atomic E-state index is 14.2. The van der Waals surface area contributed by atoms with E-state index in [4.69, 9.17) is 23.9 Å². The number of rotatable bonds is 19. The fourth-order valence-electron chi connectivity index (χ4n) is 5.90. The Morgan fingerprint density at radius 1 is 0.925 bits per heavy atom. The summed E-state index contributed by atoms with van der Waals surface area (Å²) in [7, 11) is 1.67. The van der Waals surface area contributed by atoms with Crippen LogP contribution in [0.4, 0.5) is 4.79 Å². The van der Waals surface area contributed by atoms with Gasteiger partial charge in [-0.25, -0.2) is 9.78 Å². The van der Waals surface area contributed by atoms with Gasteiger partial charge in [0, 0.05) is 43.8 Å². The quantitative estimate of drug-likeness (QED) is 0.0743. The van der Waals surface area contributed by atoms with Gasteiger partial charge in [-0.1, -0.05) is 81.4 Å². The van der Waals surface area contributed by atoms with E-state index in [9.17, 15) is 19.2 Å². The minimum absolute atomic E-state index is 0.0284. The van der Waals surface area contributed by atoms with Gasteiger partial charge in [-0.15, -0.1) is 11.3 Å². The fourth-order valence-corrected chi connectivity index (χ4v) is 6.99. The average Bonchev–Trinajstić information content (AvgIpc) is 3.52. The summed E-state index contributed by atoms with van der Waals surface area (Å²) in [6.07, 6.45) is 0.132. The second-order valence-electron chi connectivity index (χ2n) is 14.6. The van der Waals surface area contributed by atoms with Crippen LogP contribution in [-0.4, -0.2) is 71.8 Å². The monoisotopic (exact) mass is 751 g/mol. The lowest BCUT2D eigenvalue weighted by molar-refractivity contribution is -0.148. The largest absolute Gasteiger partial charge is 0.466 e. The Balaban J connectivity index is 1.97. The van der Waals surface area contributed by atoms with Gasteiger partial charge in [-0.3, -0.25) is 14.4 Å². The maximum Gasteiger partial charge on any atom is 0.410 e. The van der Waals surface area contributed by atoms with Crippen molar-refractivity contribution in [3.8, 4) is 0 Å². The van der Waals surface area contributed by atoms with E-state index in [1.54, 1.807) is 41.7 Å². The first-order valence-electron chi connectivity index (χ1n) is 18.3. The molecule has 0 fully saturated rings. The van der Waals surface area contributed by atoms with Crippen molar-refractivity contribution < 1.29 is 38.1 Å². The van der Waals surface area contributed by atoms with Crippen LogP contribution in [-0.2, 0) is 48.0 Å². The third-order valence-corrected chi connectivity index (χ3v) is 9.70. The molecule has 0 bridgehead atoms. The molecule has 0 unspecified atom stereocenters. The van der Waals surface area contributed by atoms with Crippen LogP contribution >= 0.6 is 11.3 Å². The van der Waals surface area contributed by atoms with Crippen LogP contribution in [0.5, 0.6) is 0 Å². The number of nitrogens with zero attached hydrogens (tertiary/aromatic N) is 2. The summed E-state index contributed by atoms with van der Waals surface area (Å²) in [5.41, 5.74) is 1.54. The number of amides is 2. The zero-order valence-electron chi connectivity index (χ0n) is 32.7. The van der Waals surface area contributed by atoms with Gasteiger partial charge < -0.3 is 29.2 Å². The van der Waals surface area contributed by atoms with Gasteiger partial charge in [-0.05, 0) is 57.6 Å². The van der Waals surface area contributed by atoms with Gasteiger partial charge in [-0.2, -0.15) is 0 Å². The number of carbonyl (C=O) groups is 4. The summed E-state index contributed by atoms with van der Waals surface area (Å²) in [5, 5.41) is 3.59. The minimum atomic E-state index is -0.843. The second-order valence-corrected chi connectivity index (χ2v) is 15.7. The van der Waals surface area contributed by atoms with Crippen LogP contribution in [0.25, 0.3) is 0 Å². The molecule has 0 aliphatic rings. The highest BCUT2D eigenvalue weighted by Gasteiger charge is 2.34. The van der Waals surface area contributed by atoms with E-state index in [1.807, 2.05) is 74.5 Å². The molecule has 290 valence electrons. The number of carbonyl (C=O) groups excluding carboxylic acids is 4.